The van der Waals surface area contributed by atoms with Gasteiger partial charge in [0.15, 0.2) is 0 Å². The van der Waals surface area contributed by atoms with Gasteiger partial charge in [-0.3, -0.25) is 4.79 Å². The van der Waals surface area contributed by atoms with Crippen LogP contribution in [0.4, 0.5) is 0 Å². The molecule has 15 heavy (non-hydrogen) atoms. The van der Waals surface area contributed by atoms with Gasteiger partial charge >= 0.3 is 5.97 Å². The maximum absolute atomic E-state index is 11.2. The third kappa shape index (κ3) is 2.53. The molecule has 1 N–H and O–H groups in total. The number of rotatable bonds is 4. The largest absolute Gasteiger partial charge is 0.468 e. The molecule has 0 amide bonds. The van der Waals surface area contributed by atoms with E-state index in [1.165, 1.54) is 32.8 Å². The molecule has 0 radical (unpaired) electrons. The lowest BCUT2D eigenvalue weighted by Crippen LogP contribution is -2.39. The van der Waals surface area contributed by atoms with Crippen LogP contribution in [0.2, 0.25) is 0 Å². The van der Waals surface area contributed by atoms with E-state index in [2.05, 4.69) is 26.0 Å². The molecule has 0 aliphatic heterocycles. The standard InChI is InChI=1S/C11H18BrNO2/c1-15-11(14)9(12)6-13-10-5-7-2-3-8(10)4-7/h7-10,13H,2-6H2,1H3. The van der Waals surface area contributed by atoms with Crippen LogP contribution in [0, 0.1) is 11.8 Å². The Balaban J connectivity index is 1.72. The quantitative estimate of drug-likeness (QED) is 0.627. The monoisotopic (exact) mass is 275 g/mol. The van der Waals surface area contributed by atoms with Crippen LogP contribution in [0.5, 0.6) is 0 Å². The van der Waals surface area contributed by atoms with E-state index in [9.17, 15) is 4.79 Å². The Bertz CT molecular complexity index is 247. The average Bonchev–Trinajstić information content (AvgIpc) is 2.86. The Kier molecular flexibility index (Phi) is 3.67. The van der Waals surface area contributed by atoms with Gasteiger partial charge in [0.2, 0.25) is 0 Å². The number of carbonyl (C=O) groups excluding carboxylic acids is 1. The highest BCUT2D eigenvalue weighted by atomic mass is 79.9. The Morgan fingerprint density at radius 1 is 1.53 bits per heavy atom. The molecule has 2 aliphatic rings. The molecule has 0 spiro atoms. The lowest BCUT2D eigenvalue weighted by molar-refractivity contribution is -0.139. The van der Waals surface area contributed by atoms with E-state index in [-0.39, 0.29) is 10.8 Å². The van der Waals surface area contributed by atoms with Gasteiger partial charge in [-0.15, -0.1) is 0 Å². The van der Waals surface area contributed by atoms with Crippen LogP contribution in [0.1, 0.15) is 25.7 Å². The summed E-state index contributed by atoms with van der Waals surface area (Å²) in [4.78, 5) is 11.0. The number of fused-ring (bicyclic) bond motifs is 2. The van der Waals surface area contributed by atoms with E-state index >= 15 is 0 Å². The van der Waals surface area contributed by atoms with Crippen LogP contribution in [0.3, 0.4) is 0 Å². The maximum Gasteiger partial charge on any atom is 0.320 e. The summed E-state index contributed by atoms with van der Waals surface area (Å²) in [5, 5.41) is 3.48. The number of halogens is 1. The topological polar surface area (TPSA) is 38.3 Å². The van der Waals surface area contributed by atoms with Crippen molar-refractivity contribution >= 4 is 21.9 Å². The number of nitrogens with one attached hydrogen (secondary N) is 1. The molecule has 4 atom stereocenters. The smallest absolute Gasteiger partial charge is 0.320 e. The van der Waals surface area contributed by atoms with Crippen molar-refractivity contribution in [1.82, 2.24) is 5.32 Å². The Morgan fingerprint density at radius 3 is 2.87 bits per heavy atom. The number of ether oxygens (including phenoxy) is 1. The highest BCUT2D eigenvalue weighted by Crippen LogP contribution is 2.44. The van der Waals surface area contributed by atoms with Crippen molar-refractivity contribution < 1.29 is 9.53 Å². The maximum atomic E-state index is 11.2. The molecule has 0 aromatic carbocycles. The molecular weight excluding hydrogens is 258 g/mol. The molecule has 2 fully saturated rings. The molecule has 86 valence electrons. The van der Waals surface area contributed by atoms with Crippen LogP contribution in [-0.4, -0.2) is 30.5 Å². The predicted molar refractivity (Wildman–Crippen MR) is 62.0 cm³/mol. The fourth-order valence-corrected chi connectivity index (χ4v) is 3.33. The second kappa shape index (κ2) is 4.83. The molecule has 0 heterocycles. The number of hydrogen-bond donors (Lipinski definition) is 1. The van der Waals surface area contributed by atoms with Crippen molar-refractivity contribution in [2.45, 2.75) is 36.6 Å². The van der Waals surface area contributed by atoms with E-state index in [0.717, 1.165) is 11.8 Å². The lowest BCUT2D eigenvalue weighted by atomic mass is 9.95. The van der Waals surface area contributed by atoms with E-state index in [1.807, 2.05) is 0 Å². The molecule has 0 saturated heterocycles. The van der Waals surface area contributed by atoms with E-state index in [0.29, 0.717) is 12.6 Å². The minimum Gasteiger partial charge on any atom is -0.468 e. The second-order valence-corrected chi connectivity index (χ2v) is 5.79. The molecule has 2 saturated carbocycles. The van der Waals surface area contributed by atoms with Gasteiger partial charge in [-0.25, -0.2) is 0 Å². The third-order valence-corrected chi connectivity index (χ3v) is 4.45. The van der Waals surface area contributed by atoms with Crippen molar-refractivity contribution in [3.8, 4) is 0 Å². The van der Waals surface area contributed by atoms with Crippen LogP contribution < -0.4 is 5.32 Å². The zero-order valence-corrected chi connectivity index (χ0v) is 10.6. The number of hydrogen-bond acceptors (Lipinski definition) is 3. The summed E-state index contributed by atoms with van der Waals surface area (Å²) < 4.78 is 4.66. The van der Waals surface area contributed by atoms with Crippen molar-refractivity contribution in [3.05, 3.63) is 0 Å². The van der Waals surface area contributed by atoms with Gasteiger partial charge in [-0.05, 0) is 31.1 Å². The SMILES string of the molecule is COC(=O)C(Br)CNC1CC2CCC1C2. The molecule has 2 aliphatic carbocycles. The normalized spacial score (nSPS) is 35.5. The molecular formula is C11H18BrNO2. The molecule has 4 heteroatoms. The molecule has 2 bridgehead atoms. The summed E-state index contributed by atoms with van der Waals surface area (Å²) in [7, 11) is 1.42. The molecule has 3 nitrogen and oxygen atoms in total. The molecule has 2 rings (SSSR count). The first kappa shape index (κ1) is 11.4. The minimum atomic E-state index is -0.207. The number of alkyl halides is 1. The summed E-state index contributed by atoms with van der Waals surface area (Å²) in [5.41, 5.74) is 0. The van der Waals surface area contributed by atoms with Crippen molar-refractivity contribution in [2.24, 2.45) is 11.8 Å². The fraction of sp³-hybridized carbons (Fsp3) is 0.909. The van der Waals surface area contributed by atoms with Gasteiger partial charge in [0.1, 0.15) is 4.83 Å². The molecule has 4 unspecified atom stereocenters. The number of esters is 1. The average molecular weight is 276 g/mol. The fourth-order valence-electron chi connectivity index (χ4n) is 2.96. The summed E-state index contributed by atoms with van der Waals surface area (Å²) in [5.74, 6) is 1.61. The summed E-state index contributed by atoms with van der Waals surface area (Å²) in [6.07, 6.45) is 5.47. The van der Waals surface area contributed by atoms with E-state index < -0.39 is 0 Å². The highest BCUT2D eigenvalue weighted by Gasteiger charge is 2.39. The zero-order valence-electron chi connectivity index (χ0n) is 9.04. The van der Waals surface area contributed by atoms with Crippen LogP contribution >= 0.6 is 15.9 Å². The Morgan fingerprint density at radius 2 is 2.33 bits per heavy atom. The summed E-state index contributed by atoms with van der Waals surface area (Å²) in [6.45, 7) is 0.681. The van der Waals surface area contributed by atoms with Gasteiger partial charge in [0.25, 0.3) is 0 Å². The first-order valence-corrected chi connectivity index (χ1v) is 6.57. The van der Waals surface area contributed by atoms with Gasteiger partial charge in [-0.2, -0.15) is 0 Å². The van der Waals surface area contributed by atoms with Gasteiger partial charge < -0.3 is 10.1 Å². The highest BCUT2D eigenvalue weighted by molar-refractivity contribution is 9.10. The summed E-state index contributed by atoms with van der Waals surface area (Å²) >= 11 is 3.33. The van der Waals surface area contributed by atoms with Crippen LogP contribution in [-0.2, 0) is 9.53 Å². The number of carbonyl (C=O) groups is 1. The lowest BCUT2D eigenvalue weighted by Gasteiger charge is -2.23. The van der Waals surface area contributed by atoms with Crippen molar-refractivity contribution in [2.75, 3.05) is 13.7 Å². The summed E-state index contributed by atoms with van der Waals surface area (Å²) in [6, 6.07) is 0.633. The zero-order chi connectivity index (χ0) is 10.8. The molecule has 0 aromatic rings. The minimum absolute atomic E-state index is 0.189. The van der Waals surface area contributed by atoms with Crippen molar-refractivity contribution in [3.63, 3.8) is 0 Å². The Labute approximate surface area is 99.1 Å². The van der Waals surface area contributed by atoms with Gasteiger partial charge in [0, 0.05) is 12.6 Å². The first-order chi connectivity index (χ1) is 7.20. The number of methoxy groups -OCH3 is 1. The van der Waals surface area contributed by atoms with Crippen LogP contribution in [0.25, 0.3) is 0 Å². The Hall–Kier alpha value is -0.0900. The van der Waals surface area contributed by atoms with Crippen LogP contribution in [0.15, 0.2) is 0 Å². The third-order valence-electron chi connectivity index (χ3n) is 3.75. The predicted octanol–water partition coefficient (Wildman–Crippen LogP) is 1.70. The van der Waals surface area contributed by atoms with E-state index in [4.69, 9.17) is 0 Å². The first-order valence-electron chi connectivity index (χ1n) is 5.66. The molecule has 0 aromatic heterocycles. The second-order valence-electron chi connectivity index (χ2n) is 4.68. The van der Waals surface area contributed by atoms with Gasteiger partial charge in [0.05, 0.1) is 7.11 Å². The van der Waals surface area contributed by atoms with Gasteiger partial charge in [-0.1, -0.05) is 22.4 Å². The van der Waals surface area contributed by atoms with Crippen molar-refractivity contribution in [1.29, 1.82) is 0 Å². The van der Waals surface area contributed by atoms with E-state index in [1.54, 1.807) is 0 Å².